The molecular formula is C17H17Cl2N3. The fourth-order valence-electron chi connectivity index (χ4n) is 2.78. The van der Waals surface area contributed by atoms with Crippen LogP contribution in [-0.2, 0) is 13.5 Å². The Kier molecular flexibility index (Phi) is 4.39. The lowest BCUT2D eigenvalue weighted by Crippen LogP contribution is -2.19. The molecule has 0 saturated heterocycles. The normalized spacial score (nSPS) is 12.7. The van der Waals surface area contributed by atoms with E-state index in [0.717, 1.165) is 22.4 Å². The number of imidazole rings is 1. The smallest absolute Gasteiger partial charge is 0.114 e. The van der Waals surface area contributed by atoms with Gasteiger partial charge in [-0.15, -0.1) is 0 Å². The lowest BCUT2D eigenvalue weighted by atomic mass is 9.98. The van der Waals surface area contributed by atoms with Gasteiger partial charge < -0.3 is 10.3 Å². The van der Waals surface area contributed by atoms with E-state index >= 15 is 0 Å². The van der Waals surface area contributed by atoms with Crippen LogP contribution >= 0.6 is 23.2 Å². The van der Waals surface area contributed by atoms with Gasteiger partial charge in [-0.05, 0) is 30.2 Å². The van der Waals surface area contributed by atoms with Crippen LogP contribution < -0.4 is 5.73 Å². The highest BCUT2D eigenvalue weighted by Gasteiger charge is 2.19. The van der Waals surface area contributed by atoms with Crippen LogP contribution in [-0.4, -0.2) is 16.1 Å². The number of hydrogen-bond donors (Lipinski definition) is 1. The van der Waals surface area contributed by atoms with Crippen molar-refractivity contribution >= 4 is 34.2 Å². The van der Waals surface area contributed by atoms with Gasteiger partial charge >= 0.3 is 0 Å². The molecule has 0 amide bonds. The Morgan fingerprint density at radius 1 is 1.14 bits per heavy atom. The first-order valence-electron chi connectivity index (χ1n) is 7.16. The lowest BCUT2D eigenvalue weighted by molar-refractivity contribution is 0.623. The Labute approximate surface area is 139 Å². The average Bonchev–Trinajstić information content (AvgIpc) is 2.86. The third kappa shape index (κ3) is 2.72. The van der Waals surface area contributed by atoms with E-state index < -0.39 is 0 Å². The molecular weight excluding hydrogens is 317 g/mol. The van der Waals surface area contributed by atoms with Gasteiger partial charge in [-0.2, -0.15) is 0 Å². The van der Waals surface area contributed by atoms with Gasteiger partial charge in [0.2, 0.25) is 0 Å². The quantitative estimate of drug-likeness (QED) is 0.778. The summed E-state index contributed by atoms with van der Waals surface area (Å²) in [5.41, 5.74) is 9.09. The van der Waals surface area contributed by atoms with Crippen LogP contribution in [0.1, 0.15) is 17.3 Å². The van der Waals surface area contributed by atoms with Crippen molar-refractivity contribution in [3.63, 3.8) is 0 Å². The van der Waals surface area contributed by atoms with Gasteiger partial charge in [-0.1, -0.05) is 47.5 Å². The number of hydrogen-bond acceptors (Lipinski definition) is 2. The third-order valence-corrected chi connectivity index (χ3v) is 4.83. The molecule has 0 spiro atoms. The SMILES string of the molecule is Cn1c(C(CN)Cc2cccc(Cl)c2Cl)nc2ccccc21. The Morgan fingerprint density at radius 3 is 2.64 bits per heavy atom. The summed E-state index contributed by atoms with van der Waals surface area (Å²) in [4.78, 5) is 4.74. The molecule has 2 aromatic carbocycles. The second-order valence-electron chi connectivity index (χ2n) is 5.37. The maximum absolute atomic E-state index is 6.30. The van der Waals surface area contributed by atoms with Crippen molar-refractivity contribution in [3.8, 4) is 0 Å². The molecule has 0 aliphatic rings. The molecule has 0 saturated carbocycles. The first-order chi connectivity index (χ1) is 10.6. The number of fused-ring (bicyclic) bond motifs is 1. The van der Waals surface area contributed by atoms with E-state index in [0.29, 0.717) is 23.0 Å². The monoisotopic (exact) mass is 333 g/mol. The van der Waals surface area contributed by atoms with Gasteiger partial charge in [0.25, 0.3) is 0 Å². The zero-order valence-electron chi connectivity index (χ0n) is 12.3. The van der Waals surface area contributed by atoms with Crippen LogP contribution in [0.2, 0.25) is 10.0 Å². The average molecular weight is 334 g/mol. The van der Waals surface area contributed by atoms with E-state index in [1.165, 1.54) is 0 Å². The summed E-state index contributed by atoms with van der Waals surface area (Å²) in [6, 6.07) is 13.8. The Balaban J connectivity index is 1.99. The molecule has 3 aromatic rings. The summed E-state index contributed by atoms with van der Waals surface area (Å²) >= 11 is 12.4. The van der Waals surface area contributed by atoms with Gasteiger partial charge in [0.05, 0.1) is 21.1 Å². The number of nitrogens with zero attached hydrogens (tertiary/aromatic N) is 2. The van der Waals surface area contributed by atoms with E-state index in [4.69, 9.17) is 33.9 Å². The Hall–Kier alpha value is -1.55. The van der Waals surface area contributed by atoms with Crippen LogP contribution in [0.3, 0.4) is 0 Å². The zero-order chi connectivity index (χ0) is 15.7. The fraction of sp³-hybridized carbons (Fsp3) is 0.235. The predicted octanol–water partition coefficient (Wildman–Crippen LogP) is 4.17. The molecule has 3 nitrogen and oxygen atoms in total. The van der Waals surface area contributed by atoms with Crippen molar-refractivity contribution in [2.24, 2.45) is 12.8 Å². The van der Waals surface area contributed by atoms with E-state index in [2.05, 4.69) is 10.6 Å². The fourth-order valence-corrected chi connectivity index (χ4v) is 3.18. The van der Waals surface area contributed by atoms with Gasteiger partial charge in [0.1, 0.15) is 5.82 Å². The molecule has 1 unspecified atom stereocenters. The molecule has 5 heteroatoms. The van der Waals surface area contributed by atoms with Gasteiger partial charge in [-0.25, -0.2) is 4.98 Å². The Morgan fingerprint density at radius 2 is 1.91 bits per heavy atom. The largest absolute Gasteiger partial charge is 0.331 e. The van der Waals surface area contributed by atoms with Crippen molar-refractivity contribution in [2.45, 2.75) is 12.3 Å². The van der Waals surface area contributed by atoms with Crippen LogP contribution in [0.25, 0.3) is 11.0 Å². The number of benzene rings is 2. The van der Waals surface area contributed by atoms with Gasteiger partial charge in [0, 0.05) is 19.5 Å². The number of nitrogens with two attached hydrogens (primary N) is 1. The summed E-state index contributed by atoms with van der Waals surface area (Å²) in [6.45, 7) is 0.500. The van der Waals surface area contributed by atoms with Crippen LogP contribution in [0.15, 0.2) is 42.5 Å². The maximum atomic E-state index is 6.30. The van der Waals surface area contributed by atoms with Crippen molar-refractivity contribution < 1.29 is 0 Å². The van der Waals surface area contributed by atoms with Gasteiger partial charge in [0.15, 0.2) is 0 Å². The van der Waals surface area contributed by atoms with Crippen molar-refractivity contribution in [1.29, 1.82) is 0 Å². The Bertz CT molecular complexity index is 811. The van der Waals surface area contributed by atoms with E-state index in [1.807, 2.05) is 37.4 Å². The highest BCUT2D eigenvalue weighted by atomic mass is 35.5. The van der Waals surface area contributed by atoms with Crippen molar-refractivity contribution in [2.75, 3.05) is 6.54 Å². The lowest BCUT2D eigenvalue weighted by Gasteiger charge is -2.16. The first kappa shape index (κ1) is 15.3. The maximum Gasteiger partial charge on any atom is 0.114 e. The number of para-hydroxylation sites is 2. The summed E-state index contributed by atoms with van der Waals surface area (Å²) in [7, 11) is 2.02. The molecule has 0 radical (unpaired) electrons. The molecule has 0 aliphatic carbocycles. The molecule has 0 fully saturated rings. The van der Waals surface area contributed by atoms with E-state index in [-0.39, 0.29) is 5.92 Å². The summed E-state index contributed by atoms with van der Waals surface area (Å²) in [6.07, 6.45) is 0.715. The van der Waals surface area contributed by atoms with Crippen LogP contribution in [0.5, 0.6) is 0 Å². The molecule has 1 aromatic heterocycles. The van der Waals surface area contributed by atoms with Crippen LogP contribution in [0.4, 0.5) is 0 Å². The van der Waals surface area contributed by atoms with Crippen LogP contribution in [0, 0.1) is 0 Å². The molecule has 1 heterocycles. The highest BCUT2D eigenvalue weighted by Crippen LogP contribution is 2.30. The summed E-state index contributed by atoms with van der Waals surface area (Å²) < 4.78 is 2.10. The minimum atomic E-state index is 0.0911. The summed E-state index contributed by atoms with van der Waals surface area (Å²) in [5, 5.41) is 1.17. The van der Waals surface area contributed by atoms with Gasteiger partial charge in [-0.3, -0.25) is 0 Å². The number of rotatable bonds is 4. The molecule has 2 N–H and O–H groups in total. The second-order valence-corrected chi connectivity index (χ2v) is 6.15. The molecule has 114 valence electrons. The van der Waals surface area contributed by atoms with Crippen molar-refractivity contribution in [1.82, 2.24) is 9.55 Å². The standard InChI is InChI=1S/C17H17Cl2N3/c1-22-15-8-3-2-7-14(15)21-17(22)12(10-20)9-11-5-4-6-13(18)16(11)19/h2-8,12H,9-10,20H2,1H3. The first-order valence-corrected chi connectivity index (χ1v) is 7.91. The molecule has 0 bridgehead atoms. The predicted molar refractivity (Wildman–Crippen MR) is 92.7 cm³/mol. The summed E-state index contributed by atoms with van der Waals surface area (Å²) in [5.74, 6) is 1.06. The minimum absolute atomic E-state index is 0.0911. The topological polar surface area (TPSA) is 43.8 Å². The second kappa shape index (κ2) is 6.29. The molecule has 3 rings (SSSR count). The number of aromatic nitrogens is 2. The molecule has 1 atom stereocenters. The third-order valence-electron chi connectivity index (χ3n) is 3.97. The van der Waals surface area contributed by atoms with Crippen molar-refractivity contribution in [3.05, 3.63) is 63.9 Å². The molecule has 22 heavy (non-hydrogen) atoms. The number of aryl methyl sites for hydroxylation is 1. The van der Waals surface area contributed by atoms with E-state index in [9.17, 15) is 0 Å². The van der Waals surface area contributed by atoms with E-state index in [1.54, 1.807) is 6.07 Å². The molecule has 0 aliphatic heterocycles. The minimum Gasteiger partial charge on any atom is -0.331 e. The highest BCUT2D eigenvalue weighted by molar-refractivity contribution is 6.42. The number of halogens is 2. The zero-order valence-corrected chi connectivity index (χ0v) is 13.8.